The van der Waals surface area contributed by atoms with Crippen LogP contribution in [0.15, 0.2) is 12.4 Å². The number of fused-ring (bicyclic) bond motifs is 2. The second-order valence-corrected chi connectivity index (χ2v) is 8.21. The van der Waals surface area contributed by atoms with E-state index in [4.69, 9.17) is 10.5 Å². The summed E-state index contributed by atoms with van der Waals surface area (Å²) in [4.78, 5) is 15.1. The Labute approximate surface area is 149 Å². The third kappa shape index (κ3) is 3.60. The number of nitrogens with two attached hydrogens (primary N) is 1. The first-order valence-electron chi connectivity index (χ1n) is 9.75. The van der Waals surface area contributed by atoms with Crippen LogP contribution in [0.2, 0.25) is 0 Å². The third-order valence-electron chi connectivity index (χ3n) is 6.37. The normalized spacial score (nSPS) is 35.6. The number of hydrogen-bond acceptors (Lipinski definition) is 4. The first-order valence-corrected chi connectivity index (χ1v) is 9.75. The largest absolute Gasteiger partial charge is 0.373 e. The zero-order valence-corrected chi connectivity index (χ0v) is 15.1. The van der Waals surface area contributed by atoms with Crippen molar-refractivity contribution in [1.82, 2.24) is 14.7 Å². The number of carbonyl (C=O) groups is 1. The summed E-state index contributed by atoms with van der Waals surface area (Å²) >= 11 is 0. The van der Waals surface area contributed by atoms with Gasteiger partial charge < -0.3 is 15.4 Å². The fourth-order valence-corrected chi connectivity index (χ4v) is 5.05. The number of rotatable bonds is 3. The SMILES string of the molecule is Cc1cnn(CC2CN(C(=O)C3CC4CCCC(C3)C4N)CCO2)c1. The van der Waals surface area contributed by atoms with Crippen LogP contribution in [0.5, 0.6) is 0 Å². The second kappa shape index (κ2) is 7.08. The van der Waals surface area contributed by atoms with E-state index < -0.39 is 0 Å². The summed E-state index contributed by atoms with van der Waals surface area (Å²) in [6.45, 7) is 4.75. The van der Waals surface area contributed by atoms with Crippen LogP contribution in [0.25, 0.3) is 0 Å². The molecule has 2 aliphatic carbocycles. The summed E-state index contributed by atoms with van der Waals surface area (Å²) in [7, 11) is 0. The van der Waals surface area contributed by atoms with Gasteiger partial charge in [0.05, 0.1) is 25.5 Å². The van der Waals surface area contributed by atoms with Crippen LogP contribution in [-0.4, -0.2) is 52.4 Å². The van der Waals surface area contributed by atoms with Crippen LogP contribution in [0.1, 0.15) is 37.7 Å². The van der Waals surface area contributed by atoms with Crippen molar-refractivity contribution in [2.24, 2.45) is 23.5 Å². The van der Waals surface area contributed by atoms with Gasteiger partial charge in [-0.3, -0.25) is 9.48 Å². The maximum absolute atomic E-state index is 13.1. The predicted octanol–water partition coefficient (Wildman–Crippen LogP) is 1.57. The van der Waals surface area contributed by atoms with E-state index in [1.807, 2.05) is 28.9 Å². The van der Waals surface area contributed by atoms with Crippen molar-refractivity contribution in [3.05, 3.63) is 18.0 Å². The molecule has 6 nitrogen and oxygen atoms in total. The molecule has 0 aromatic carbocycles. The first kappa shape index (κ1) is 17.0. The van der Waals surface area contributed by atoms with Gasteiger partial charge in [-0.15, -0.1) is 0 Å². The highest BCUT2D eigenvalue weighted by atomic mass is 16.5. The number of ether oxygens (including phenoxy) is 1. The molecule has 2 saturated carbocycles. The first-order chi connectivity index (χ1) is 12.1. The highest BCUT2D eigenvalue weighted by Crippen LogP contribution is 2.42. The van der Waals surface area contributed by atoms with Gasteiger partial charge in [0.1, 0.15) is 0 Å². The number of hydrogen-bond donors (Lipinski definition) is 1. The smallest absolute Gasteiger partial charge is 0.225 e. The van der Waals surface area contributed by atoms with Gasteiger partial charge in [0, 0.05) is 31.2 Å². The Morgan fingerprint density at radius 1 is 1.36 bits per heavy atom. The molecule has 2 N–H and O–H groups in total. The summed E-state index contributed by atoms with van der Waals surface area (Å²) in [5, 5.41) is 4.34. The van der Waals surface area contributed by atoms with Crippen LogP contribution in [0, 0.1) is 24.7 Å². The highest BCUT2D eigenvalue weighted by Gasteiger charge is 2.42. The molecule has 3 unspecified atom stereocenters. The van der Waals surface area contributed by atoms with Gasteiger partial charge in [0.25, 0.3) is 0 Å². The third-order valence-corrected chi connectivity index (χ3v) is 6.37. The summed E-state index contributed by atoms with van der Waals surface area (Å²) in [5.41, 5.74) is 7.53. The molecule has 0 radical (unpaired) electrons. The Morgan fingerprint density at radius 2 is 2.12 bits per heavy atom. The van der Waals surface area contributed by atoms with E-state index in [0.717, 1.165) is 18.4 Å². The molecular weight excluding hydrogens is 316 g/mol. The lowest BCUT2D eigenvalue weighted by Gasteiger charge is -2.45. The molecule has 2 bridgehead atoms. The molecule has 25 heavy (non-hydrogen) atoms. The molecule has 3 atom stereocenters. The molecule has 4 rings (SSSR count). The van der Waals surface area contributed by atoms with Crippen molar-refractivity contribution in [2.75, 3.05) is 19.7 Å². The van der Waals surface area contributed by atoms with Crippen molar-refractivity contribution in [3.63, 3.8) is 0 Å². The Hall–Kier alpha value is -1.40. The van der Waals surface area contributed by atoms with E-state index in [0.29, 0.717) is 50.0 Å². The lowest BCUT2D eigenvalue weighted by Crippen LogP contribution is -2.53. The zero-order chi connectivity index (χ0) is 17.4. The molecular formula is C19H30N4O2. The van der Waals surface area contributed by atoms with Crippen molar-refractivity contribution in [1.29, 1.82) is 0 Å². The summed E-state index contributed by atoms with van der Waals surface area (Å²) in [5.74, 6) is 1.59. The monoisotopic (exact) mass is 346 g/mol. The fourth-order valence-electron chi connectivity index (χ4n) is 5.05. The topological polar surface area (TPSA) is 73.4 Å². The summed E-state index contributed by atoms with van der Waals surface area (Å²) < 4.78 is 7.79. The minimum absolute atomic E-state index is 0.0300. The van der Waals surface area contributed by atoms with Gasteiger partial charge in [-0.25, -0.2) is 0 Å². The van der Waals surface area contributed by atoms with E-state index in [1.54, 1.807) is 0 Å². The molecule has 1 aromatic rings. The van der Waals surface area contributed by atoms with E-state index in [-0.39, 0.29) is 12.0 Å². The van der Waals surface area contributed by atoms with Gasteiger partial charge in [-0.1, -0.05) is 6.42 Å². The molecule has 0 spiro atoms. The van der Waals surface area contributed by atoms with E-state index >= 15 is 0 Å². The van der Waals surface area contributed by atoms with E-state index in [2.05, 4.69) is 5.10 Å². The van der Waals surface area contributed by atoms with Crippen LogP contribution in [-0.2, 0) is 16.1 Å². The minimum Gasteiger partial charge on any atom is -0.373 e. The average molecular weight is 346 g/mol. The van der Waals surface area contributed by atoms with Crippen molar-refractivity contribution < 1.29 is 9.53 Å². The molecule has 3 aliphatic rings. The Bertz CT molecular complexity index is 602. The minimum atomic E-state index is 0.0300. The van der Waals surface area contributed by atoms with Gasteiger partial charge in [-0.2, -0.15) is 5.10 Å². The molecule has 1 amide bonds. The molecule has 1 aromatic heterocycles. The van der Waals surface area contributed by atoms with Crippen molar-refractivity contribution >= 4 is 5.91 Å². The number of aryl methyl sites for hydroxylation is 1. The number of nitrogens with zero attached hydrogens (tertiary/aromatic N) is 3. The number of carbonyl (C=O) groups excluding carboxylic acids is 1. The number of aromatic nitrogens is 2. The lowest BCUT2D eigenvalue weighted by atomic mass is 9.65. The molecule has 6 heteroatoms. The second-order valence-electron chi connectivity index (χ2n) is 8.21. The van der Waals surface area contributed by atoms with Crippen molar-refractivity contribution in [2.45, 2.75) is 57.7 Å². The highest BCUT2D eigenvalue weighted by molar-refractivity contribution is 5.79. The zero-order valence-electron chi connectivity index (χ0n) is 15.1. The predicted molar refractivity (Wildman–Crippen MR) is 94.8 cm³/mol. The quantitative estimate of drug-likeness (QED) is 0.902. The number of amides is 1. The van der Waals surface area contributed by atoms with Crippen LogP contribution in [0.3, 0.4) is 0 Å². The Kier molecular flexibility index (Phi) is 4.82. The van der Waals surface area contributed by atoms with Gasteiger partial charge in [0.2, 0.25) is 5.91 Å². The Morgan fingerprint density at radius 3 is 2.80 bits per heavy atom. The summed E-state index contributed by atoms with van der Waals surface area (Å²) in [6.07, 6.45) is 9.56. The average Bonchev–Trinajstić information content (AvgIpc) is 2.99. The van der Waals surface area contributed by atoms with E-state index in [9.17, 15) is 4.79 Å². The Balaban J connectivity index is 1.37. The van der Waals surface area contributed by atoms with Gasteiger partial charge in [-0.05, 0) is 50.0 Å². The maximum Gasteiger partial charge on any atom is 0.225 e. The van der Waals surface area contributed by atoms with Crippen LogP contribution < -0.4 is 5.73 Å². The molecule has 3 fully saturated rings. The summed E-state index contributed by atoms with van der Waals surface area (Å²) in [6, 6.07) is 0.318. The number of morpholine rings is 1. The fraction of sp³-hybridized carbons (Fsp3) is 0.789. The van der Waals surface area contributed by atoms with Crippen LogP contribution in [0.4, 0.5) is 0 Å². The maximum atomic E-state index is 13.1. The molecule has 138 valence electrons. The molecule has 2 heterocycles. The van der Waals surface area contributed by atoms with Crippen LogP contribution >= 0.6 is 0 Å². The van der Waals surface area contributed by atoms with Crippen molar-refractivity contribution in [3.8, 4) is 0 Å². The molecule has 1 aliphatic heterocycles. The van der Waals surface area contributed by atoms with Gasteiger partial charge >= 0.3 is 0 Å². The lowest BCUT2D eigenvalue weighted by molar-refractivity contribution is -0.146. The standard InChI is InChI=1S/C19H30N4O2/c1-13-9-21-23(10-13)12-17-11-22(5-6-25-17)19(24)16-7-14-3-2-4-15(8-16)18(14)20/h9-10,14-18H,2-8,11-12,20H2,1H3. The van der Waals surface area contributed by atoms with Gasteiger partial charge in [0.15, 0.2) is 0 Å². The molecule has 1 saturated heterocycles. The van der Waals surface area contributed by atoms with E-state index in [1.165, 1.54) is 19.3 Å².